The Hall–Kier alpha value is -1.43. The number of carbonyl (C=O) groups excluding carboxylic acids is 1. The zero-order chi connectivity index (χ0) is 17.2. The normalized spacial score (nSPS) is 31.9. The van der Waals surface area contributed by atoms with Crippen LogP contribution in [-0.2, 0) is 29.1 Å². The quantitative estimate of drug-likeness (QED) is 0.909. The second kappa shape index (κ2) is 7.44. The summed E-state index contributed by atoms with van der Waals surface area (Å²) in [5, 5.41) is 7.80. The van der Waals surface area contributed by atoms with E-state index in [1.165, 1.54) is 32.1 Å². The van der Waals surface area contributed by atoms with E-state index in [2.05, 4.69) is 15.4 Å². The molecule has 0 unspecified atom stereocenters. The van der Waals surface area contributed by atoms with Crippen molar-refractivity contribution in [2.24, 2.45) is 17.8 Å². The summed E-state index contributed by atoms with van der Waals surface area (Å²) < 4.78 is 7.06. The Kier molecular flexibility index (Phi) is 5.06. The minimum atomic E-state index is 0.182. The lowest BCUT2D eigenvalue weighted by atomic mass is 9.67. The van der Waals surface area contributed by atoms with Crippen molar-refractivity contribution in [1.82, 2.24) is 20.1 Å². The smallest absolute Gasteiger partial charge is 0.223 e. The van der Waals surface area contributed by atoms with Gasteiger partial charge in [0.25, 0.3) is 0 Å². The average Bonchev–Trinajstić information content (AvgIpc) is 3.03. The third-order valence-electron chi connectivity index (χ3n) is 6.43. The van der Waals surface area contributed by atoms with Crippen LogP contribution >= 0.6 is 0 Å². The van der Waals surface area contributed by atoms with Crippen LogP contribution in [0.3, 0.4) is 0 Å². The van der Waals surface area contributed by atoms with Crippen molar-refractivity contribution >= 4 is 5.91 Å². The zero-order valence-corrected chi connectivity index (χ0v) is 15.2. The van der Waals surface area contributed by atoms with E-state index in [9.17, 15) is 4.79 Å². The fourth-order valence-electron chi connectivity index (χ4n) is 5.10. The molecule has 2 aliphatic carbocycles. The van der Waals surface area contributed by atoms with Crippen LogP contribution in [0.15, 0.2) is 0 Å². The molecule has 0 radical (unpaired) electrons. The number of methoxy groups -OCH3 is 1. The van der Waals surface area contributed by atoms with Gasteiger partial charge in [0, 0.05) is 25.5 Å². The van der Waals surface area contributed by atoms with Gasteiger partial charge in [0.15, 0.2) is 5.82 Å². The third kappa shape index (κ3) is 3.73. The van der Waals surface area contributed by atoms with Crippen LogP contribution < -0.4 is 5.32 Å². The molecule has 4 atom stereocenters. The first kappa shape index (κ1) is 17.0. The maximum absolute atomic E-state index is 12.8. The Morgan fingerprint density at radius 2 is 2.04 bits per heavy atom. The molecule has 1 aromatic heterocycles. The molecule has 0 saturated heterocycles. The Labute approximate surface area is 149 Å². The second-order valence-corrected chi connectivity index (χ2v) is 8.12. The highest BCUT2D eigenvalue weighted by Gasteiger charge is 2.35. The van der Waals surface area contributed by atoms with Crippen molar-refractivity contribution in [3.8, 4) is 0 Å². The van der Waals surface area contributed by atoms with Gasteiger partial charge in [-0.05, 0) is 37.5 Å². The summed E-state index contributed by atoms with van der Waals surface area (Å²) in [6.45, 7) is 1.18. The van der Waals surface area contributed by atoms with E-state index in [0.29, 0.717) is 6.61 Å². The molecule has 1 amide bonds. The number of nitrogens with one attached hydrogen (secondary N) is 1. The Bertz CT molecular complexity index is 615. The lowest BCUT2D eigenvalue weighted by Gasteiger charge is -2.39. The largest absolute Gasteiger partial charge is 0.377 e. The van der Waals surface area contributed by atoms with Gasteiger partial charge < -0.3 is 10.1 Å². The van der Waals surface area contributed by atoms with E-state index in [1.54, 1.807) is 7.11 Å². The molecule has 1 N–H and O–H groups in total. The van der Waals surface area contributed by atoms with Crippen LogP contribution in [0.25, 0.3) is 0 Å². The third-order valence-corrected chi connectivity index (χ3v) is 6.43. The number of rotatable bonds is 4. The molecule has 0 bridgehead atoms. The highest BCUT2D eigenvalue weighted by molar-refractivity contribution is 5.79. The minimum absolute atomic E-state index is 0.182. The highest BCUT2D eigenvalue weighted by atomic mass is 16.5. The van der Waals surface area contributed by atoms with Gasteiger partial charge in [-0.3, -0.25) is 4.79 Å². The Balaban J connectivity index is 1.32. The van der Waals surface area contributed by atoms with Crippen molar-refractivity contribution in [2.75, 3.05) is 7.11 Å². The molecule has 2 heterocycles. The van der Waals surface area contributed by atoms with E-state index in [4.69, 9.17) is 4.74 Å². The molecule has 2 fully saturated rings. The van der Waals surface area contributed by atoms with Crippen molar-refractivity contribution in [2.45, 2.75) is 77.0 Å². The molecule has 2 saturated carbocycles. The van der Waals surface area contributed by atoms with E-state index in [-0.39, 0.29) is 17.9 Å². The molecule has 0 spiro atoms. The van der Waals surface area contributed by atoms with Gasteiger partial charge in [-0.2, -0.15) is 5.10 Å². The topological polar surface area (TPSA) is 69.0 Å². The SMILES string of the molecule is COCc1nc2n(n1)C[C@H](NC(=O)[C@@H]1CC[C@@H]3CCCC[C@@H]3C1)CC2. The monoisotopic (exact) mass is 346 g/mol. The zero-order valence-electron chi connectivity index (χ0n) is 15.2. The molecular weight excluding hydrogens is 316 g/mol. The summed E-state index contributed by atoms with van der Waals surface area (Å²) in [6, 6.07) is 0.182. The lowest BCUT2D eigenvalue weighted by Crippen LogP contribution is -2.45. The van der Waals surface area contributed by atoms with E-state index in [1.807, 2.05) is 4.68 Å². The predicted octanol–water partition coefficient (Wildman–Crippen LogP) is 2.46. The minimum Gasteiger partial charge on any atom is -0.377 e. The standard InChI is InChI=1S/C19H30N4O2/c1-25-12-17-21-18-9-8-16(11-23(18)22-17)20-19(24)15-7-6-13-4-2-3-5-14(13)10-15/h13-16H,2-12H2,1H3,(H,20,24)/t13-,14+,15+,16+/m0/s1. The summed E-state index contributed by atoms with van der Waals surface area (Å²) in [5.74, 6) is 3.93. The second-order valence-electron chi connectivity index (χ2n) is 8.12. The number of aryl methyl sites for hydroxylation is 1. The van der Waals surface area contributed by atoms with Crippen molar-refractivity contribution in [3.63, 3.8) is 0 Å². The summed E-state index contributed by atoms with van der Waals surface area (Å²) in [6.07, 6.45) is 10.7. The summed E-state index contributed by atoms with van der Waals surface area (Å²) in [4.78, 5) is 17.3. The van der Waals surface area contributed by atoms with Gasteiger partial charge in [0.2, 0.25) is 5.91 Å². The van der Waals surface area contributed by atoms with Gasteiger partial charge in [-0.15, -0.1) is 0 Å². The van der Waals surface area contributed by atoms with Crippen molar-refractivity contribution in [3.05, 3.63) is 11.6 Å². The summed E-state index contributed by atoms with van der Waals surface area (Å²) in [5.41, 5.74) is 0. The van der Waals surface area contributed by atoms with Crippen LogP contribution in [0.1, 0.15) is 63.0 Å². The maximum atomic E-state index is 12.8. The van der Waals surface area contributed by atoms with Gasteiger partial charge in [0.1, 0.15) is 12.4 Å². The number of nitrogens with zero attached hydrogens (tertiary/aromatic N) is 3. The Morgan fingerprint density at radius 1 is 1.20 bits per heavy atom. The van der Waals surface area contributed by atoms with E-state index < -0.39 is 0 Å². The molecule has 1 aromatic rings. The van der Waals surface area contributed by atoms with E-state index in [0.717, 1.165) is 55.7 Å². The molecule has 25 heavy (non-hydrogen) atoms. The van der Waals surface area contributed by atoms with Gasteiger partial charge >= 0.3 is 0 Å². The fourth-order valence-corrected chi connectivity index (χ4v) is 5.10. The molecule has 0 aromatic carbocycles. The molecular formula is C19H30N4O2. The number of aromatic nitrogens is 3. The number of fused-ring (bicyclic) bond motifs is 2. The average molecular weight is 346 g/mol. The number of hydrogen-bond acceptors (Lipinski definition) is 4. The molecule has 3 aliphatic rings. The molecule has 4 rings (SSSR count). The summed E-state index contributed by atoms with van der Waals surface area (Å²) in [7, 11) is 1.66. The van der Waals surface area contributed by atoms with Crippen molar-refractivity contribution in [1.29, 1.82) is 0 Å². The van der Waals surface area contributed by atoms with Crippen LogP contribution in [0, 0.1) is 17.8 Å². The van der Waals surface area contributed by atoms with E-state index >= 15 is 0 Å². The summed E-state index contributed by atoms with van der Waals surface area (Å²) >= 11 is 0. The molecule has 6 nitrogen and oxygen atoms in total. The number of carbonyl (C=O) groups is 1. The number of amides is 1. The molecule has 1 aliphatic heterocycles. The van der Waals surface area contributed by atoms with Gasteiger partial charge in [-0.25, -0.2) is 9.67 Å². The van der Waals surface area contributed by atoms with Crippen LogP contribution in [0.4, 0.5) is 0 Å². The highest BCUT2D eigenvalue weighted by Crippen LogP contribution is 2.42. The lowest BCUT2D eigenvalue weighted by molar-refractivity contribution is -0.128. The first-order chi connectivity index (χ1) is 12.2. The molecule has 138 valence electrons. The van der Waals surface area contributed by atoms with Crippen LogP contribution in [0.2, 0.25) is 0 Å². The van der Waals surface area contributed by atoms with Gasteiger partial charge in [-0.1, -0.05) is 25.7 Å². The number of ether oxygens (including phenoxy) is 1. The van der Waals surface area contributed by atoms with Gasteiger partial charge in [0.05, 0.1) is 6.54 Å². The first-order valence-corrected chi connectivity index (χ1v) is 9.95. The Morgan fingerprint density at radius 3 is 2.88 bits per heavy atom. The first-order valence-electron chi connectivity index (χ1n) is 9.95. The fraction of sp³-hybridized carbons (Fsp3) is 0.842. The van der Waals surface area contributed by atoms with Crippen LogP contribution in [0.5, 0.6) is 0 Å². The maximum Gasteiger partial charge on any atom is 0.223 e. The van der Waals surface area contributed by atoms with Crippen LogP contribution in [-0.4, -0.2) is 33.8 Å². The van der Waals surface area contributed by atoms with Crippen molar-refractivity contribution < 1.29 is 9.53 Å². The predicted molar refractivity (Wildman–Crippen MR) is 93.8 cm³/mol. The number of hydrogen-bond donors (Lipinski definition) is 1. The molecule has 6 heteroatoms.